The molecular formula is C9H14N4O2S. The summed E-state index contributed by atoms with van der Waals surface area (Å²) in [6, 6.07) is 0. The van der Waals surface area contributed by atoms with Gasteiger partial charge >= 0.3 is 6.09 Å². The number of carbonyl (C=O) groups is 1. The van der Waals surface area contributed by atoms with Gasteiger partial charge in [-0.05, 0) is 20.8 Å². The Balaban J connectivity index is 2.70. The Labute approximate surface area is 98.5 Å². The summed E-state index contributed by atoms with van der Waals surface area (Å²) in [5.74, 6) is 0.335. The summed E-state index contributed by atoms with van der Waals surface area (Å²) in [6.45, 7) is 5.32. The molecule has 0 aliphatic rings. The highest BCUT2D eigenvalue weighted by Crippen LogP contribution is 2.13. The Kier molecular flexibility index (Phi) is 3.48. The van der Waals surface area contributed by atoms with Crippen LogP contribution >= 0.6 is 12.2 Å². The summed E-state index contributed by atoms with van der Waals surface area (Å²) in [5, 5.41) is 8.79. The van der Waals surface area contributed by atoms with Crippen molar-refractivity contribution in [3.63, 3.8) is 0 Å². The number of aromatic nitrogens is 2. The predicted molar refractivity (Wildman–Crippen MR) is 64.3 cm³/mol. The molecular weight excluding hydrogens is 228 g/mol. The van der Waals surface area contributed by atoms with Gasteiger partial charge in [-0.3, -0.25) is 10.4 Å². The molecule has 0 fully saturated rings. The average Bonchev–Trinajstić information content (AvgIpc) is 2.47. The molecule has 1 aromatic heterocycles. The number of nitrogens with two attached hydrogens (primary N) is 1. The number of hydrogen-bond acceptors (Lipinski definition) is 4. The second-order valence-electron chi connectivity index (χ2n) is 4.15. The van der Waals surface area contributed by atoms with Crippen LogP contribution in [0.1, 0.15) is 26.3 Å². The molecule has 16 heavy (non-hydrogen) atoms. The van der Waals surface area contributed by atoms with E-state index in [1.807, 2.05) is 0 Å². The Morgan fingerprint density at radius 3 is 2.75 bits per heavy atom. The van der Waals surface area contributed by atoms with Crippen LogP contribution in [0.2, 0.25) is 0 Å². The lowest BCUT2D eigenvalue weighted by Gasteiger charge is -2.19. The fourth-order valence-electron chi connectivity index (χ4n) is 0.974. The molecule has 0 atom stereocenters. The van der Waals surface area contributed by atoms with Gasteiger partial charge in [-0.25, -0.2) is 4.79 Å². The van der Waals surface area contributed by atoms with Gasteiger partial charge in [0.2, 0.25) is 0 Å². The summed E-state index contributed by atoms with van der Waals surface area (Å²) >= 11 is 4.79. The van der Waals surface area contributed by atoms with Crippen molar-refractivity contribution in [1.29, 1.82) is 0 Å². The first-order valence-corrected chi connectivity index (χ1v) is 5.03. The molecule has 0 aromatic carbocycles. The van der Waals surface area contributed by atoms with Crippen LogP contribution in [0.3, 0.4) is 0 Å². The van der Waals surface area contributed by atoms with E-state index < -0.39 is 11.7 Å². The topological polar surface area (TPSA) is 93.0 Å². The quantitative estimate of drug-likeness (QED) is 0.681. The first kappa shape index (κ1) is 12.4. The number of thiocarbonyl (C=S) groups is 1. The fraction of sp³-hybridized carbons (Fsp3) is 0.444. The van der Waals surface area contributed by atoms with E-state index in [0.29, 0.717) is 11.4 Å². The lowest BCUT2D eigenvalue weighted by molar-refractivity contribution is 0.0635. The van der Waals surface area contributed by atoms with Gasteiger partial charge < -0.3 is 10.5 Å². The molecule has 1 heterocycles. The van der Waals surface area contributed by atoms with Gasteiger partial charge in [-0.2, -0.15) is 5.10 Å². The van der Waals surface area contributed by atoms with Crippen LogP contribution < -0.4 is 11.1 Å². The van der Waals surface area contributed by atoms with E-state index in [-0.39, 0.29) is 4.99 Å². The molecule has 0 saturated heterocycles. The maximum Gasteiger partial charge on any atom is 0.413 e. The number of aromatic amines is 1. The number of anilines is 1. The summed E-state index contributed by atoms with van der Waals surface area (Å²) in [7, 11) is 0. The van der Waals surface area contributed by atoms with E-state index in [1.54, 1.807) is 20.8 Å². The molecule has 0 aliphatic carbocycles. The first-order valence-electron chi connectivity index (χ1n) is 4.63. The molecule has 1 aromatic rings. The lowest BCUT2D eigenvalue weighted by Crippen LogP contribution is -2.28. The third kappa shape index (κ3) is 3.50. The molecule has 0 saturated carbocycles. The Morgan fingerprint density at radius 1 is 1.62 bits per heavy atom. The molecule has 7 heteroatoms. The molecule has 0 unspecified atom stereocenters. The molecule has 88 valence electrons. The molecule has 0 radical (unpaired) electrons. The van der Waals surface area contributed by atoms with Gasteiger partial charge in [0.25, 0.3) is 0 Å². The zero-order valence-corrected chi connectivity index (χ0v) is 10.1. The van der Waals surface area contributed by atoms with Crippen LogP contribution in [0, 0.1) is 0 Å². The number of rotatable bonds is 2. The molecule has 4 N–H and O–H groups in total. The van der Waals surface area contributed by atoms with E-state index in [0.717, 1.165) is 0 Å². The van der Waals surface area contributed by atoms with Crippen molar-refractivity contribution in [2.24, 2.45) is 5.73 Å². The first-order chi connectivity index (χ1) is 7.29. The molecule has 1 amide bonds. The van der Waals surface area contributed by atoms with Crippen LogP contribution in [0.4, 0.5) is 10.6 Å². The molecule has 0 aliphatic heterocycles. The molecule has 1 rings (SSSR count). The standard InChI is InChI=1S/C9H14N4O2S/c1-9(2,3)15-8(14)12-7-5(6(10)16)4-11-13-7/h4H,1-3H3,(H2,10,16)(H2,11,12,13,14). The Morgan fingerprint density at radius 2 is 2.25 bits per heavy atom. The lowest BCUT2D eigenvalue weighted by atomic mass is 10.2. The van der Waals surface area contributed by atoms with Crippen molar-refractivity contribution in [3.05, 3.63) is 11.8 Å². The SMILES string of the molecule is CC(C)(C)OC(=O)Nc1[nH]ncc1C(N)=S. The zero-order chi connectivity index (χ0) is 12.3. The van der Waals surface area contributed by atoms with Crippen LogP contribution in [-0.4, -0.2) is 26.9 Å². The van der Waals surface area contributed by atoms with Gasteiger partial charge in [0.05, 0.1) is 11.8 Å². The second-order valence-corrected chi connectivity index (χ2v) is 4.59. The van der Waals surface area contributed by atoms with Crippen LogP contribution in [0.5, 0.6) is 0 Å². The van der Waals surface area contributed by atoms with E-state index in [2.05, 4.69) is 15.5 Å². The monoisotopic (exact) mass is 242 g/mol. The van der Waals surface area contributed by atoms with Gasteiger partial charge in [0.1, 0.15) is 16.4 Å². The van der Waals surface area contributed by atoms with Crippen molar-refractivity contribution >= 4 is 29.1 Å². The number of hydrogen-bond donors (Lipinski definition) is 3. The van der Waals surface area contributed by atoms with Gasteiger partial charge in [-0.15, -0.1) is 0 Å². The molecule has 6 nitrogen and oxygen atoms in total. The summed E-state index contributed by atoms with van der Waals surface area (Å²) < 4.78 is 5.06. The normalized spacial score (nSPS) is 10.9. The van der Waals surface area contributed by atoms with Gasteiger partial charge in [0, 0.05) is 0 Å². The Bertz CT molecular complexity index is 408. The minimum atomic E-state index is -0.589. The highest BCUT2D eigenvalue weighted by molar-refractivity contribution is 7.80. The van der Waals surface area contributed by atoms with E-state index in [9.17, 15) is 4.79 Å². The molecule has 0 bridgehead atoms. The maximum absolute atomic E-state index is 11.4. The van der Waals surface area contributed by atoms with Crippen molar-refractivity contribution in [1.82, 2.24) is 10.2 Å². The summed E-state index contributed by atoms with van der Waals surface area (Å²) in [5.41, 5.74) is 5.35. The number of carbonyl (C=O) groups excluding carboxylic acids is 1. The largest absolute Gasteiger partial charge is 0.444 e. The van der Waals surface area contributed by atoms with E-state index >= 15 is 0 Å². The van der Waals surface area contributed by atoms with E-state index in [1.165, 1.54) is 6.20 Å². The average molecular weight is 242 g/mol. The zero-order valence-electron chi connectivity index (χ0n) is 9.33. The minimum Gasteiger partial charge on any atom is -0.444 e. The summed E-state index contributed by atoms with van der Waals surface area (Å²) in [4.78, 5) is 11.6. The Hall–Kier alpha value is -1.63. The molecule has 0 spiro atoms. The number of amides is 1. The van der Waals surface area contributed by atoms with E-state index in [4.69, 9.17) is 22.7 Å². The number of nitrogens with one attached hydrogen (secondary N) is 2. The highest BCUT2D eigenvalue weighted by Gasteiger charge is 2.18. The van der Waals surface area contributed by atoms with Gasteiger partial charge in [-0.1, -0.05) is 12.2 Å². The van der Waals surface area contributed by atoms with Gasteiger partial charge in [0.15, 0.2) is 0 Å². The highest BCUT2D eigenvalue weighted by atomic mass is 32.1. The maximum atomic E-state index is 11.4. The fourth-order valence-corrected chi connectivity index (χ4v) is 1.13. The predicted octanol–water partition coefficient (Wildman–Crippen LogP) is 1.39. The smallest absolute Gasteiger partial charge is 0.413 e. The minimum absolute atomic E-state index is 0.153. The third-order valence-electron chi connectivity index (χ3n) is 1.53. The van der Waals surface area contributed by atoms with Crippen LogP contribution in [-0.2, 0) is 4.74 Å². The van der Waals surface area contributed by atoms with Crippen LogP contribution in [0.15, 0.2) is 6.20 Å². The number of ether oxygens (including phenoxy) is 1. The number of nitrogens with zero attached hydrogens (tertiary/aromatic N) is 1. The second kappa shape index (κ2) is 4.48. The van der Waals surface area contributed by atoms with Crippen molar-refractivity contribution in [2.75, 3.05) is 5.32 Å². The van der Waals surface area contributed by atoms with Crippen molar-refractivity contribution in [3.8, 4) is 0 Å². The van der Waals surface area contributed by atoms with Crippen molar-refractivity contribution in [2.45, 2.75) is 26.4 Å². The van der Waals surface area contributed by atoms with Crippen molar-refractivity contribution < 1.29 is 9.53 Å². The third-order valence-corrected chi connectivity index (χ3v) is 1.75. The number of H-pyrrole nitrogens is 1. The summed E-state index contributed by atoms with van der Waals surface area (Å²) in [6.07, 6.45) is 0.851. The van der Waals surface area contributed by atoms with Crippen LogP contribution in [0.25, 0.3) is 0 Å².